The predicted molar refractivity (Wildman–Crippen MR) is 63.9 cm³/mol. The molecular formula is C12H21NO6. The minimum Gasteiger partial charge on any atom is -0.380 e. The van der Waals surface area contributed by atoms with E-state index in [1.54, 1.807) is 27.7 Å². The van der Waals surface area contributed by atoms with Crippen molar-refractivity contribution in [1.29, 1.82) is 0 Å². The van der Waals surface area contributed by atoms with Crippen molar-refractivity contribution in [3.05, 3.63) is 0 Å². The van der Waals surface area contributed by atoms with E-state index < -0.39 is 41.9 Å². The summed E-state index contributed by atoms with van der Waals surface area (Å²) in [6, 6.07) is 0. The third kappa shape index (κ3) is 3.06. The molecule has 3 N–H and O–H groups in total. The largest absolute Gasteiger partial charge is 0.380 e. The number of hydrogen-bond donors (Lipinski definition) is 2. The molecule has 2 aliphatic heterocycles. The molecule has 0 aromatic heterocycles. The summed E-state index contributed by atoms with van der Waals surface area (Å²) < 4.78 is 22.4. The third-order valence-corrected chi connectivity index (χ3v) is 3.16. The normalized spacial score (nSPS) is 38.3. The summed E-state index contributed by atoms with van der Waals surface area (Å²) in [5, 5.41) is 9.84. The van der Waals surface area contributed by atoms with E-state index in [1.807, 2.05) is 0 Å². The van der Waals surface area contributed by atoms with Gasteiger partial charge in [0, 0.05) is 0 Å². The second-order valence-corrected chi connectivity index (χ2v) is 5.78. The van der Waals surface area contributed by atoms with Gasteiger partial charge in [-0.05, 0) is 27.7 Å². The number of rotatable bonds is 3. The van der Waals surface area contributed by atoms with Crippen LogP contribution in [0.2, 0.25) is 0 Å². The Morgan fingerprint density at radius 1 is 1.21 bits per heavy atom. The molecule has 0 aromatic rings. The lowest BCUT2D eigenvalue weighted by molar-refractivity contribution is -0.175. The predicted octanol–water partition coefficient (Wildman–Crippen LogP) is -0.496. The van der Waals surface area contributed by atoms with Gasteiger partial charge in [-0.1, -0.05) is 0 Å². The molecule has 1 amide bonds. The van der Waals surface area contributed by atoms with Crippen molar-refractivity contribution in [2.45, 2.75) is 63.7 Å². The molecule has 2 heterocycles. The van der Waals surface area contributed by atoms with Gasteiger partial charge in [-0.25, -0.2) is 0 Å². The van der Waals surface area contributed by atoms with Crippen molar-refractivity contribution in [3.63, 3.8) is 0 Å². The first kappa shape index (κ1) is 14.7. The Morgan fingerprint density at radius 3 is 2.32 bits per heavy atom. The maximum atomic E-state index is 11.1. The number of carbonyl (C=O) groups excluding carboxylic acids is 1. The molecule has 0 radical (unpaired) electrons. The quantitative estimate of drug-likeness (QED) is 0.720. The van der Waals surface area contributed by atoms with E-state index in [-0.39, 0.29) is 0 Å². The zero-order valence-corrected chi connectivity index (χ0v) is 11.6. The van der Waals surface area contributed by atoms with Gasteiger partial charge in [0.1, 0.15) is 18.3 Å². The Kier molecular flexibility index (Phi) is 3.61. The van der Waals surface area contributed by atoms with Crippen molar-refractivity contribution in [3.8, 4) is 0 Å². The molecular weight excluding hydrogens is 254 g/mol. The molecule has 110 valence electrons. The fourth-order valence-corrected chi connectivity index (χ4v) is 2.39. The van der Waals surface area contributed by atoms with Crippen LogP contribution in [0.15, 0.2) is 0 Å². The Morgan fingerprint density at radius 2 is 1.84 bits per heavy atom. The van der Waals surface area contributed by atoms with E-state index in [1.165, 1.54) is 0 Å². The first-order valence-corrected chi connectivity index (χ1v) is 6.26. The zero-order chi connectivity index (χ0) is 14.4. The van der Waals surface area contributed by atoms with Crippen molar-refractivity contribution in [1.82, 2.24) is 0 Å². The minimum atomic E-state index is -1.45. The summed E-state index contributed by atoms with van der Waals surface area (Å²) in [5.74, 6) is -2.49. The molecule has 2 rings (SSSR count). The van der Waals surface area contributed by atoms with Crippen molar-refractivity contribution in [2.75, 3.05) is 6.61 Å². The summed E-state index contributed by atoms with van der Waals surface area (Å²) in [7, 11) is 0. The van der Waals surface area contributed by atoms with E-state index in [4.69, 9.17) is 24.7 Å². The van der Waals surface area contributed by atoms with Gasteiger partial charge in [-0.15, -0.1) is 0 Å². The smallest absolute Gasteiger partial charge is 0.249 e. The van der Waals surface area contributed by atoms with Gasteiger partial charge in [0.2, 0.25) is 5.91 Å². The van der Waals surface area contributed by atoms with E-state index in [0.29, 0.717) is 6.61 Å². The number of carbonyl (C=O) groups is 1. The molecule has 19 heavy (non-hydrogen) atoms. The number of aliphatic hydroxyl groups excluding tert-OH is 1. The SMILES string of the molecule is CC1(C)O[C@H]([C@H]2COC(C)(C)O2)[C@@H]([C@@H](O)C(N)=O)O1. The molecule has 2 fully saturated rings. The lowest BCUT2D eigenvalue weighted by Crippen LogP contribution is -2.48. The van der Waals surface area contributed by atoms with Crippen LogP contribution in [-0.2, 0) is 23.7 Å². The van der Waals surface area contributed by atoms with Crippen LogP contribution in [0.25, 0.3) is 0 Å². The first-order chi connectivity index (χ1) is 8.61. The fraction of sp³-hybridized carbons (Fsp3) is 0.917. The molecule has 0 saturated carbocycles. The average Bonchev–Trinajstić information content (AvgIpc) is 2.77. The maximum Gasteiger partial charge on any atom is 0.249 e. The summed E-state index contributed by atoms with van der Waals surface area (Å²) in [5.41, 5.74) is 5.12. The topological polar surface area (TPSA) is 100 Å². The van der Waals surface area contributed by atoms with Crippen LogP contribution in [0.3, 0.4) is 0 Å². The van der Waals surface area contributed by atoms with Crippen LogP contribution < -0.4 is 5.73 Å². The summed E-state index contributed by atoms with van der Waals surface area (Å²) >= 11 is 0. The van der Waals surface area contributed by atoms with E-state index in [2.05, 4.69) is 0 Å². The van der Waals surface area contributed by atoms with Crippen molar-refractivity contribution >= 4 is 5.91 Å². The number of amides is 1. The van der Waals surface area contributed by atoms with Gasteiger partial charge < -0.3 is 29.8 Å². The number of ether oxygens (including phenoxy) is 4. The van der Waals surface area contributed by atoms with Crippen molar-refractivity contribution in [2.24, 2.45) is 5.73 Å². The standard InChI is InChI=1S/C12H21NO6/c1-11(2)16-5-6(17-11)8-9(7(14)10(13)15)19-12(3,4)18-8/h6-9,14H,5H2,1-4H3,(H2,13,15)/t6-,7-,8-,9-/m1/s1. The minimum absolute atomic E-state index is 0.305. The Hall–Kier alpha value is -0.730. The molecule has 2 aliphatic rings. The maximum absolute atomic E-state index is 11.1. The number of primary amides is 1. The first-order valence-electron chi connectivity index (χ1n) is 6.26. The highest BCUT2D eigenvalue weighted by molar-refractivity contribution is 5.79. The Labute approximate surface area is 111 Å². The van der Waals surface area contributed by atoms with Crippen LogP contribution in [0.5, 0.6) is 0 Å². The molecule has 0 spiro atoms. The monoisotopic (exact) mass is 275 g/mol. The lowest BCUT2D eigenvalue weighted by atomic mass is 10.0. The zero-order valence-electron chi connectivity index (χ0n) is 11.6. The molecule has 4 atom stereocenters. The van der Waals surface area contributed by atoms with Gasteiger partial charge in [0.15, 0.2) is 17.7 Å². The highest BCUT2D eigenvalue weighted by atomic mass is 16.8. The highest BCUT2D eigenvalue weighted by Gasteiger charge is 2.52. The average molecular weight is 275 g/mol. The van der Waals surface area contributed by atoms with Gasteiger partial charge in [-0.2, -0.15) is 0 Å². The van der Waals surface area contributed by atoms with Gasteiger partial charge in [0.25, 0.3) is 0 Å². The van der Waals surface area contributed by atoms with Crippen LogP contribution in [0.4, 0.5) is 0 Å². The fourth-order valence-electron chi connectivity index (χ4n) is 2.39. The summed E-state index contributed by atoms with van der Waals surface area (Å²) in [6.45, 7) is 7.28. The van der Waals surface area contributed by atoms with E-state index in [0.717, 1.165) is 0 Å². The van der Waals surface area contributed by atoms with E-state index >= 15 is 0 Å². The summed E-state index contributed by atoms with van der Waals surface area (Å²) in [6.07, 6.45) is -3.34. The molecule has 0 bridgehead atoms. The molecule has 0 aliphatic carbocycles. The van der Waals surface area contributed by atoms with Crippen LogP contribution in [-0.4, -0.2) is 53.6 Å². The molecule has 0 aromatic carbocycles. The van der Waals surface area contributed by atoms with Gasteiger partial charge >= 0.3 is 0 Å². The highest BCUT2D eigenvalue weighted by Crippen LogP contribution is 2.36. The second-order valence-electron chi connectivity index (χ2n) is 5.78. The van der Waals surface area contributed by atoms with Crippen molar-refractivity contribution < 1.29 is 28.8 Å². The van der Waals surface area contributed by atoms with Crippen LogP contribution in [0.1, 0.15) is 27.7 Å². The van der Waals surface area contributed by atoms with Gasteiger partial charge in [0.05, 0.1) is 6.61 Å². The second kappa shape index (κ2) is 4.68. The number of aliphatic hydroxyl groups is 1. The van der Waals surface area contributed by atoms with Crippen LogP contribution in [0, 0.1) is 0 Å². The lowest BCUT2D eigenvalue weighted by Gasteiger charge is -2.25. The Bertz CT molecular complexity index is 369. The molecule has 7 nitrogen and oxygen atoms in total. The molecule has 0 unspecified atom stereocenters. The third-order valence-electron chi connectivity index (χ3n) is 3.16. The van der Waals surface area contributed by atoms with Crippen LogP contribution >= 0.6 is 0 Å². The molecule has 2 saturated heterocycles. The van der Waals surface area contributed by atoms with E-state index in [9.17, 15) is 9.90 Å². The summed E-state index contributed by atoms with van der Waals surface area (Å²) in [4.78, 5) is 11.1. The number of hydrogen-bond acceptors (Lipinski definition) is 6. The van der Waals surface area contributed by atoms with Gasteiger partial charge in [-0.3, -0.25) is 4.79 Å². The number of nitrogens with two attached hydrogens (primary N) is 1. The molecule has 7 heteroatoms. The Balaban J connectivity index is 2.15.